The van der Waals surface area contributed by atoms with Gasteiger partial charge in [-0.1, -0.05) is 11.8 Å². The number of amidine groups is 1. The van der Waals surface area contributed by atoms with Crippen molar-refractivity contribution in [2.45, 2.75) is 24.5 Å². The van der Waals surface area contributed by atoms with E-state index < -0.39 is 18.2 Å². The largest absolute Gasteiger partial charge is 0.477 e. The van der Waals surface area contributed by atoms with Gasteiger partial charge in [0, 0.05) is 17.1 Å². The SMILES string of the molecule is CC1=C(N)N=C(SCC2=C(C(=O)O)N3C(=O)C(N)[C@@H]3SC2)N(N)C1N. The second-order valence-corrected chi connectivity index (χ2v) is 7.84. The zero-order valence-electron chi connectivity index (χ0n) is 13.4. The first-order valence-corrected chi connectivity index (χ1v) is 9.40. The van der Waals surface area contributed by atoms with Crippen LogP contribution in [0.25, 0.3) is 0 Å². The topological polar surface area (TPSA) is 177 Å². The summed E-state index contributed by atoms with van der Waals surface area (Å²) in [6.45, 7) is 1.74. The number of nitrogens with zero attached hydrogens (tertiary/aromatic N) is 3. The molecule has 0 aromatic heterocycles. The van der Waals surface area contributed by atoms with Crippen LogP contribution in [0.1, 0.15) is 6.92 Å². The van der Waals surface area contributed by atoms with Crippen LogP contribution in [0.15, 0.2) is 27.7 Å². The number of thioether (sulfide) groups is 2. The Kier molecular flexibility index (Phi) is 4.72. The van der Waals surface area contributed by atoms with Gasteiger partial charge in [-0.15, -0.1) is 11.8 Å². The minimum absolute atomic E-state index is 0.00748. The van der Waals surface area contributed by atoms with Crippen LogP contribution in [0.5, 0.6) is 0 Å². The molecule has 3 rings (SSSR count). The second kappa shape index (κ2) is 6.53. The number of carbonyl (C=O) groups excluding carboxylic acids is 1. The zero-order chi connectivity index (χ0) is 18.5. The smallest absolute Gasteiger partial charge is 0.352 e. The number of fused-ring (bicyclic) bond motifs is 1. The van der Waals surface area contributed by atoms with Gasteiger partial charge < -0.3 is 22.3 Å². The van der Waals surface area contributed by atoms with Gasteiger partial charge in [-0.05, 0) is 12.5 Å². The van der Waals surface area contributed by atoms with E-state index in [1.807, 2.05) is 0 Å². The first-order valence-electron chi connectivity index (χ1n) is 7.36. The van der Waals surface area contributed by atoms with Crippen molar-refractivity contribution in [1.29, 1.82) is 0 Å². The molecule has 3 atom stereocenters. The normalized spacial score (nSPS) is 29.5. The molecule has 1 saturated heterocycles. The lowest BCUT2D eigenvalue weighted by Gasteiger charge is -2.48. The predicted octanol–water partition coefficient (Wildman–Crippen LogP) is -1.68. The highest BCUT2D eigenvalue weighted by molar-refractivity contribution is 8.14. The number of carbonyl (C=O) groups is 2. The molecule has 0 bridgehead atoms. The predicted molar refractivity (Wildman–Crippen MR) is 96.5 cm³/mol. The van der Waals surface area contributed by atoms with E-state index in [4.69, 9.17) is 23.0 Å². The van der Waals surface area contributed by atoms with Crippen LogP contribution in [0.4, 0.5) is 0 Å². The highest BCUT2D eigenvalue weighted by atomic mass is 32.2. The Morgan fingerprint density at radius 2 is 2.16 bits per heavy atom. The number of carboxylic acids is 1. The Morgan fingerprint density at radius 1 is 1.48 bits per heavy atom. The fourth-order valence-corrected chi connectivity index (χ4v) is 5.07. The molecule has 0 aromatic carbocycles. The summed E-state index contributed by atoms with van der Waals surface area (Å²) in [6, 6.07) is -0.651. The van der Waals surface area contributed by atoms with Crippen LogP contribution in [0.3, 0.4) is 0 Å². The average molecular weight is 385 g/mol. The quantitative estimate of drug-likeness (QED) is 0.278. The fraction of sp³-hybridized carbons (Fsp3) is 0.462. The van der Waals surface area contributed by atoms with E-state index in [1.54, 1.807) is 6.92 Å². The molecule has 1 fully saturated rings. The van der Waals surface area contributed by atoms with Gasteiger partial charge >= 0.3 is 5.97 Å². The molecule has 2 unspecified atom stereocenters. The number of rotatable bonds is 3. The molecule has 0 saturated carbocycles. The Bertz CT molecular complexity index is 735. The van der Waals surface area contributed by atoms with E-state index in [0.717, 1.165) is 0 Å². The maximum Gasteiger partial charge on any atom is 0.352 e. The van der Waals surface area contributed by atoms with Crippen molar-refractivity contribution in [3.05, 3.63) is 22.7 Å². The van der Waals surface area contributed by atoms with Crippen LogP contribution >= 0.6 is 23.5 Å². The number of hydrogen-bond donors (Lipinski definition) is 5. The molecule has 3 aliphatic rings. The second-order valence-electron chi connectivity index (χ2n) is 5.80. The molecular weight excluding hydrogens is 366 g/mol. The number of hydrogen-bond acceptors (Lipinski definition) is 10. The lowest BCUT2D eigenvalue weighted by atomic mass is 10.0. The van der Waals surface area contributed by atoms with E-state index in [-0.39, 0.29) is 17.0 Å². The number of amides is 1. The van der Waals surface area contributed by atoms with Gasteiger partial charge in [-0.2, -0.15) is 0 Å². The molecule has 0 aliphatic carbocycles. The lowest BCUT2D eigenvalue weighted by Crippen LogP contribution is -2.68. The third-order valence-corrected chi connectivity index (χ3v) is 6.66. The maximum atomic E-state index is 11.9. The first kappa shape index (κ1) is 18.1. The molecule has 12 heteroatoms. The number of hydrazine groups is 1. The molecular formula is C13H19N7O3S2. The Hall–Kier alpha value is -1.73. The number of aliphatic imine (C=N–C) groups is 1. The van der Waals surface area contributed by atoms with Crippen molar-refractivity contribution in [2.75, 3.05) is 11.5 Å². The summed E-state index contributed by atoms with van der Waals surface area (Å²) in [7, 11) is 0. The highest BCUT2D eigenvalue weighted by Gasteiger charge is 2.51. The third kappa shape index (κ3) is 2.89. The monoisotopic (exact) mass is 385 g/mol. The summed E-state index contributed by atoms with van der Waals surface area (Å²) in [5, 5.41) is 10.9. The Balaban J connectivity index is 1.81. The summed E-state index contributed by atoms with van der Waals surface area (Å²) < 4.78 is 0. The van der Waals surface area contributed by atoms with Crippen molar-refractivity contribution >= 4 is 40.6 Å². The molecule has 9 N–H and O–H groups in total. The van der Waals surface area contributed by atoms with Gasteiger partial charge in [-0.3, -0.25) is 14.7 Å². The summed E-state index contributed by atoms with van der Waals surface area (Å²) in [5.41, 5.74) is 18.8. The Morgan fingerprint density at radius 3 is 2.80 bits per heavy atom. The molecule has 0 aromatic rings. The summed E-state index contributed by atoms with van der Waals surface area (Å²) >= 11 is 2.67. The standard InChI is InChI=1S/C13H19N7O3S2/c1-4-8(15)18-13(20(17)9(4)16)25-3-5-2-24-11-6(14)10(21)19(11)7(5)12(22)23/h6,9,11H,2-3,14-17H2,1H3,(H,22,23)/t6?,9?,11-/m0/s1. The van der Waals surface area contributed by atoms with Crippen LogP contribution < -0.4 is 23.0 Å². The van der Waals surface area contributed by atoms with Gasteiger partial charge in [0.2, 0.25) is 5.91 Å². The molecule has 1 amide bonds. The van der Waals surface area contributed by atoms with Crippen LogP contribution in [0.2, 0.25) is 0 Å². The van der Waals surface area contributed by atoms with Gasteiger partial charge in [0.15, 0.2) is 5.17 Å². The lowest BCUT2D eigenvalue weighted by molar-refractivity contribution is -0.147. The van der Waals surface area contributed by atoms with Crippen molar-refractivity contribution in [3.8, 4) is 0 Å². The van der Waals surface area contributed by atoms with Gasteiger partial charge in [0.25, 0.3) is 0 Å². The molecule has 136 valence electrons. The van der Waals surface area contributed by atoms with Gasteiger partial charge in [-0.25, -0.2) is 15.6 Å². The molecule has 10 nitrogen and oxygen atoms in total. The van der Waals surface area contributed by atoms with Crippen LogP contribution in [-0.4, -0.2) is 61.1 Å². The number of aliphatic carboxylic acids is 1. The van der Waals surface area contributed by atoms with Gasteiger partial charge in [0.1, 0.15) is 29.1 Å². The first-order chi connectivity index (χ1) is 11.7. The van der Waals surface area contributed by atoms with E-state index in [2.05, 4.69) is 4.99 Å². The summed E-state index contributed by atoms with van der Waals surface area (Å²) in [5.74, 6) is 5.47. The molecule has 3 aliphatic heterocycles. The summed E-state index contributed by atoms with van der Waals surface area (Å²) in [6.07, 6.45) is -0.590. The van der Waals surface area contributed by atoms with Crippen LogP contribution in [-0.2, 0) is 9.59 Å². The van der Waals surface area contributed by atoms with Crippen molar-refractivity contribution in [2.24, 2.45) is 28.0 Å². The highest BCUT2D eigenvalue weighted by Crippen LogP contribution is 2.40. The van der Waals surface area contributed by atoms with Crippen molar-refractivity contribution in [3.63, 3.8) is 0 Å². The van der Waals surface area contributed by atoms with E-state index in [9.17, 15) is 14.7 Å². The van der Waals surface area contributed by atoms with E-state index in [1.165, 1.54) is 33.4 Å². The maximum absolute atomic E-state index is 11.9. The minimum Gasteiger partial charge on any atom is -0.477 e. The number of nitrogens with two attached hydrogens (primary N) is 4. The van der Waals surface area contributed by atoms with E-state index >= 15 is 0 Å². The molecule has 0 radical (unpaired) electrons. The Labute approximate surface area is 152 Å². The average Bonchev–Trinajstić information content (AvgIpc) is 2.60. The molecule has 0 spiro atoms. The van der Waals surface area contributed by atoms with Crippen molar-refractivity contribution < 1.29 is 14.7 Å². The van der Waals surface area contributed by atoms with E-state index in [0.29, 0.717) is 33.6 Å². The zero-order valence-corrected chi connectivity index (χ0v) is 15.0. The minimum atomic E-state index is -1.15. The van der Waals surface area contributed by atoms with Crippen LogP contribution in [0, 0.1) is 0 Å². The third-order valence-electron chi connectivity index (χ3n) is 4.25. The molecule has 3 heterocycles. The molecule has 25 heavy (non-hydrogen) atoms. The number of β-lactam (4-membered cyclic amide) rings is 1. The van der Waals surface area contributed by atoms with Gasteiger partial charge in [0.05, 0.1) is 0 Å². The summed E-state index contributed by atoms with van der Waals surface area (Å²) in [4.78, 5) is 29.0. The fourth-order valence-electron chi connectivity index (χ4n) is 2.68. The van der Waals surface area contributed by atoms with Crippen molar-refractivity contribution in [1.82, 2.24) is 9.91 Å². The number of carboxylic acid groups (broad SMARTS) is 1.